The Morgan fingerprint density at radius 2 is 2.44 bits per heavy atom. The summed E-state index contributed by atoms with van der Waals surface area (Å²) in [5.74, 6) is 0.821. The van der Waals surface area contributed by atoms with Gasteiger partial charge in [0.2, 0.25) is 0 Å². The molecule has 1 saturated heterocycles. The molecular weight excluding hydrogens is 116 g/mol. The average Bonchev–Trinajstić information content (AvgIpc) is 2.13. The van der Waals surface area contributed by atoms with Gasteiger partial charge in [0.25, 0.3) is 0 Å². The summed E-state index contributed by atoms with van der Waals surface area (Å²) in [6.45, 7) is 4.88. The maximum atomic E-state index is 10.8. The predicted octanol–water partition coefficient (Wildman–Crippen LogP) is 0.815. The van der Waals surface area contributed by atoms with E-state index in [4.69, 9.17) is 4.74 Å². The summed E-state index contributed by atoms with van der Waals surface area (Å²) in [5, 5.41) is 0. The molecule has 2 heteroatoms. The molecule has 2 fully saturated rings. The van der Waals surface area contributed by atoms with Crippen LogP contribution in [0.2, 0.25) is 0 Å². The molecule has 0 amide bonds. The quantitative estimate of drug-likeness (QED) is 0.449. The molecule has 9 heavy (non-hydrogen) atoms. The van der Waals surface area contributed by atoms with Crippen molar-refractivity contribution in [1.29, 1.82) is 0 Å². The van der Waals surface area contributed by atoms with Gasteiger partial charge in [0, 0.05) is 5.41 Å². The Bertz CT molecular complexity index is 176. The Kier molecular flexibility index (Phi) is 0.675. The SMILES string of the molecule is C[C@@H]1[C@@H]2C(=O)OC[C@]12C. The van der Waals surface area contributed by atoms with E-state index in [0.717, 1.165) is 0 Å². The van der Waals surface area contributed by atoms with E-state index in [1.54, 1.807) is 0 Å². The Hall–Kier alpha value is -0.530. The fourth-order valence-corrected chi connectivity index (χ4v) is 1.81. The Labute approximate surface area is 54.2 Å². The van der Waals surface area contributed by atoms with Gasteiger partial charge in [-0.15, -0.1) is 0 Å². The van der Waals surface area contributed by atoms with Crippen LogP contribution in [0.5, 0.6) is 0 Å². The van der Waals surface area contributed by atoms with Crippen LogP contribution in [0, 0.1) is 17.3 Å². The molecular formula is C7H10O2. The van der Waals surface area contributed by atoms with Gasteiger partial charge in [-0.3, -0.25) is 4.79 Å². The summed E-state index contributed by atoms with van der Waals surface area (Å²) >= 11 is 0. The maximum absolute atomic E-state index is 10.8. The van der Waals surface area contributed by atoms with Crippen molar-refractivity contribution in [3.63, 3.8) is 0 Å². The van der Waals surface area contributed by atoms with Crippen molar-refractivity contribution >= 4 is 5.97 Å². The highest BCUT2D eigenvalue weighted by Gasteiger charge is 2.67. The van der Waals surface area contributed by atoms with Crippen molar-refractivity contribution in [3.8, 4) is 0 Å². The van der Waals surface area contributed by atoms with Crippen molar-refractivity contribution in [2.75, 3.05) is 6.61 Å². The average molecular weight is 126 g/mol. The summed E-state index contributed by atoms with van der Waals surface area (Å²) in [6.07, 6.45) is 0. The first kappa shape index (κ1) is 5.27. The first-order chi connectivity index (χ1) is 4.16. The molecule has 0 spiro atoms. The molecule has 2 rings (SSSR count). The summed E-state index contributed by atoms with van der Waals surface area (Å²) in [7, 11) is 0. The number of cyclic esters (lactones) is 1. The predicted molar refractivity (Wildman–Crippen MR) is 31.7 cm³/mol. The molecule has 0 unspecified atom stereocenters. The van der Waals surface area contributed by atoms with E-state index in [9.17, 15) is 4.79 Å². The van der Waals surface area contributed by atoms with Crippen LogP contribution in [0.4, 0.5) is 0 Å². The van der Waals surface area contributed by atoms with Gasteiger partial charge in [-0.1, -0.05) is 13.8 Å². The van der Waals surface area contributed by atoms with Crippen LogP contribution in [0.3, 0.4) is 0 Å². The van der Waals surface area contributed by atoms with Crippen LogP contribution < -0.4 is 0 Å². The van der Waals surface area contributed by atoms with Crippen molar-refractivity contribution in [2.45, 2.75) is 13.8 Å². The summed E-state index contributed by atoms with van der Waals surface area (Å²) in [6, 6.07) is 0. The largest absolute Gasteiger partial charge is 0.465 e. The molecule has 1 heterocycles. The fourth-order valence-electron chi connectivity index (χ4n) is 1.81. The molecule has 0 radical (unpaired) electrons. The standard InChI is InChI=1S/C7H10O2/c1-4-5-6(8)9-3-7(4,5)2/h4-5H,3H2,1-2H3/t4-,5-,7-/m1/s1. The van der Waals surface area contributed by atoms with E-state index in [1.165, 1.54) is 0 Å². The first-order valence-electron chi connectivity index (χ1n) is 3.33. The highest BCUT2D eigenvalue weighted by atomic mass is 16.5. The monoisotopic (exact) mass is 126 g/mol. The molecule has 0 N–H and O–H groups in total. The van der Waals surface area contributed by atoms with Crippen molar-refractivity contribution in [1.82, 2.24) is 0 Å². The molecule has 0 aromatic rings. The number of hydrogen-bond acceptors (Lipinski definition) is 2. The van der Waals surface area contributed by atoms with E-state index >= 15 is 0 Å². The molecule has 2 aliphatic rings. The van der Waals surface area contributed by atoms with Gasteiger partial charge in [0.1, 0.15) is 0 Å². The Morgan fingerprint density at radius 3 is 2.67 bits per heavy atom. The van der Waals surface area contributed by atoms with Gasteiger partial charge in [0.15, 0.2) is 0 Å². The zero-order chi connectivity index (χ0) is 6.65. The number of hydrogen-bond donors (Lipinski definition) is 0. The smallest absolute Gasteiger partial charge is 0.309 e. The molecule has 1 aliphatic heterocycles. The Balaban J connectivity index is 2.27. The fraction of sp³-hybridized carbons (Fsp3) is 0.857. The van der Waals surface area contributed by atoms with Gasteiger partial charge in [-0.25, -0.2) is 0 Å². The lowest BCUT2D eigenvalue weighted by molar-refractivity contribution is -0.141. The highest BCUT2D eigenvalue weighted by Crippen LogP contribution is 2.62. The molecule has 0 aromatic carbocycles. The Morgan fingerprint density at radius 1 is 1.78 bits per heavy atom. The van der Waals surface area contributed by atoms with Gasteiger partial charge in [0.05, 0.1) is 12.5 Å². The van der Waals surface area contributed by atoms with Crippen molar-refractivity contribution in [2.24, 2.45) is 17.3 Å². The third-order valence-corrected chi connectivity index (χ3v) is 2.92. The minimum absolute atomic E-state index is 0.0185. The molecule has 0 bridgehead atoms. The first-order valence-corrected chi connectivity index (χ1v) is 3.33. The van der Waals surface area contributed by atoms with E-state index in [-0.39, 0.29) is 17.3 Å². The topological polar surface area (TPSA) is 26.3 Å². The van der Waals surface area contributed by atoms with E-state index in [2.05, 4.69) is 13.8 Å². The number of fused-ring (bicyclic) bond motifs is 1. The lowest BCUT2D eigenvalue weighted by atomic mass is 10.1. The van der Waals surface area contributed by atoms with Gasteiger partial charge in [-0.05, 0) is 5.92 Å². The van der Waals surface area contributed by atoms with Crippen LogP contribution in [-0.4, -0.2) is 12.6 Å². The number of carbonyl (C=O) groups excluding carboxylic acids is 1. The van der Waals surface area contributed by atoms with Crippen molar-refractivity contribution < 1.29 is 9.53 Å². The third kappa shape index (κ3) is 0.406. The molecule has 2 nitrogen and oxygen atoms in total. The van der Waals surface area contributed by atoms with Crippen molar-refractivity contribution in [3.05, 3.63) is 0 Å². The zero-order valence-electron chi connectivity index (χ0n) is 5.68. The number of carbonyl (C=O) groups is 1. The van der Waals surface area contributed by atoms with Crippen LogP contribution in [0.25, 0.3) is 0 Å². The number of esters is 1. The summed E-state index contributed by atoms with van der Waals surface area (Å²) in [5.41, 5.74) is 0.219. The lowest BCUT2D eigenvalue weighted by Crippen LogP contribution is -2.05. The van der Waals surface area contributed by atoms with Crippen LogP contribution in [0.1, 0.15) is 13.8 Å². The highest BCUT2D eigenvalue weighted by molar-refractivity contribution is 5.80. The number of ether oxygens (including phenoxy) is 1. The molecule has 50 valence electrons. The number of rotatable bonds is 0. The third-order valence-electron chi connectivity index (χ3n) is 2.92. The normalized spacial score (nSPS) is 54.7. The van der Waals surface area contributed by atoms with Gasteiger partial charge < -0.3 is 4.74 Å². The lowest BCUT2D eigenvalue weighted by Gasteiger charge is -2.02. The summed E-state index contributed by atoms with van der Waals surface area (Å²) in [4.78, 5) is 10.8. The van der Waals surface area contributed by atoms with E-state index in [1.807, 2.05) is 0 Å². The second-order valence-corrected chi connectivity index (χ2v) is 3.38. The molecule has 1 aliphatic carbocycles. The molecule has 3 atom stereocenters. The van der Waals surface area contributed by atoms with Crippen LogP contribution in [0.15, 0.2) is 0 Å². The second kappa shape index (κ2) is 1.15. The van der Waals surface area contributed by atoms with Gasteiger partial charge in [-0.2, -0.15) is 0 Å². The van der Waals surface area contributed by atoms with Crippen LogP contribution in [-0.2, 0) is 9.53 Å². The van der Waals surface area contributed by atoms with Crippen LogP contribution >= 0.6 is 0 Å². The molecule has 1 saturated carbocycles. The second-order valence-electron chi connectivity index (χ2n) is 3.38. The maximum Gasteiger partial charge on any atom is 0.309 e. The zero-order valence-corrected chi connectivity index (χ0v) is 5.68. The summed E-state index contributed by atoms with van der Waals surface area (Å²) < 4.78 is 4.85. The molecule has 0 aromatic heterocycles. The minimum Gasteiger partial charge on any atom is -0.465 e. The van der Waals surface area contributed by atoms with E-state index < -0.39 is 0 Å². The van der Waals surface area contributed by atoms with Gasteiger partial charge >= 0.3 is 5.97 Å². The minimum atomic E-state index is 0.0185. The van der Waals surface area contributed by atoms with E-state index in [0.29, 0.717) is 12.5 Å².